The fourth-order valence-electron chi connectivity index (χ4n) is 2.12. The molecule has 1 heterocycles. The second kappa shape index (κ2) is 6.95. The Kier molecular flexibility index (Phi) is 5.88. The van der Waals surface area contributed by atoms with Gasteiger partial charge in [-0.05, 0) is 39.3 Å². The van der Waals surface area contributed by atoms with E-state index in [0.29, 0.717) is 11.9 Å². The van der Waals surface area contributed by atoms with Crippen LogP contribution in [0, 0.1) is 5.41 Å². The van der Waals surface area contributed by atoms with E-state index in [4.69, 9.17) is 15.7 Å². The Labute approximate surface area is 110 Å². The zero-order chi connectivity index (χ0) is 13.6. The first-order chi connectivity index (χ1) is 8.45. The van der Waals surface area contributed by atoms with Crippen LogP contribution in [0.2, 0.25) is 0 Å². The normalized spacial score (nSPS) is 22.4. The molecular formula is C13H27N3O2. The van der Waals surface area contributed by atoms with Crippen molar-refractivity contribution in [2.45, 2.75) is 45.6 Å². The molecule has 0 saturated carbocycles. The summed E-state index contributed by atoms with van der Waals surface area (Å²) in [6.45, 7) is 6.77. The minimum atomic E-state index is -0.267. The topological polar surface area (TPSA) is 71.1 Å². The third kappa shape index (κ3) is 4.82. The number of nitrogens with two attached hydrogens (primary N) is 1. The molecule has 1 aliphatic heterocycles. The Morgan fingerprint density at radius 3 is 2.78 bits per heavy atom. The van der Waals surface area contributed by atoms with Crippen LogP contribution >= 0.6 is 0 Å². The quantitative estimate of drug-likeness (QED) is 0.328. The number of oxime groups is 1. The van der Waals surface area contributed by atoms with E-state index in [1.807, 2.05) is 13.8 Å². The highest BCUT2D eigenvalue weighted by Crippen LogP contribution is 2.21. The molecule has 0 amide bonds. The minimum absolute atomic E-state index is 0.267. The van der Waals surface area contributed by atoms with E-state index in [1.165, 1.54) is 12.8 Å². The summed E-state index contributed by atoms with van der Waals surface area (Å²) in [5.41, 5.74) is 5.41. The summed E-state index contributed by atoms with van der Waals surface area (Å²) >= 11 is 0. The molecule has 5 nitrogen and oxygen atoms in total. The molecular weight excluding hydrogens is 230 g/mol. The number of likely N-dealkylation sites (N-methyl/N-ethyl adjacent to an activating group) is 1. The van der Waals surface area contributed by atoms with Crippen LogP contribution in [0.1, 0.15) is 39.5 Å². The van der Waals surface area contributed by atoms with Crippen molar-refractivity contribution < 1.29 is 9.94 Å². The van der Waals surface area contributed by atoms with Crippen molar-refractivity contribution in [1.82, 2.24) is 4.90 Å². The van der Waals surface area contributed by atoms with Gasteiger partial charge >= 0.3 is 0 Å². The third-order valence-corrected chi connectivity index (χ3v) is 3.71. The van der Waals surface area contributed by atoms with Crippen molar-refractivity contribution in [3.8, 4) is 0 Å². The van der Waals surface area contributed by atoms with Crippen molar-refractivity contribution >= 4 is 5.84 Å². The lowest BCUT2D eigenvalue weighted by molar-refractivity contribution is -0.00226. The Morgan fingerprint density at radius 1 is 1.50 bits per heavy atom. The second-order valence-corrected chi connectivity index (χ2v) is 5.87. The van der Waals surface area contributed by atoms with Crippen LogP contribution in [0.25, 0.3) is 0 Å². The third-order valence-electron chi connectivity index (χ3n) is 3.71. The highest BCUT2D eigenvalue weighted by Gasteiger charge is 2.24. The van der Waals surface area contributed by atoms with Gasteiger partial charge in [0.05, 0.1) is 6.10 Å². The molecule has 1 unspecified atom stereocenters. The molecule has 0 aromatic carbocycles. The number of hydrogen-bond donors (Lipinski definition) is 2. The fourth-order valence-corrected chi connectivity index (χ4v) is 2.12. The van der Waals surface area contributed by atoms with Gasteiger partial charge in [-0.1, -0.05) is 19.0 Å². The van der Waals surface area contributed by atoms with Gasteiger partial charge in [0.15, 0.2) is 0 Å². The zero-order valence-corrected chi connectivity index (χ0v) is 11.9. The molecule has 0 aromatic rings. The SMILES string of the molecule is CN(CCC(C)(C)C(N)=NO)CC1CCCCO1. The number of nitrogens with zero attached hydrogens (tertiary/aromatic N) is 2. The summed E-state index contributed by atoms with van der Waals surface area (Å²) in [5.74, 6) is 0.296. The Hall–Kier alpha value is -0.810. The first-order valence-electron chi connectivity index (χ1n) is 6.74. The number of hydrogen-bond acceptors (Lipinski definition) is 4. The van der Waals surface area contributed by atoms with Gasteiger partial charge in [0.25, 0.3) is 0 Å². The standard InChI is InChI=1S/C13H27N3O2/c1-13(2,12(14)15-17)7-8-16(3)10-11-6-4-5-9-18-11/h11,17H,4-10H2,1-3H3,(H2,14,15). The van der Waals surface area contributed by atoms with Crippen molar-refractivity contribution in [1.29, 1.82) is 0 Å². The van der Waals surface area contributed by atoms with Crippen LogP contribution in [0.4, 0.5) is 0 Å². The maximum Gasteiger partial charge on any atom is 0.144 e. The van der Waals surface area contributed by atoms with Gasteiger partial charge in [0, 0.05) is 18.6 Å². The molecule has 18 heavy (non-hydrogen) atoms. The Morgan fingerprint density at radius 2 is 2.22 bits per heavy atom. The molecule has 1 rings (SSSR count). The van der Waals surface area contributed by atoms with Crippen LogP contribution in [0.3, 0.4) is 0 Å². The minimum Gasteiger partial charge on any atom is -0.409 e. The van der Waals surface area contributed by atoms with E-state index in [1.54, 1.807) is 0 Å². The maximum absolute atomic E-state index is 8.73. The van der Waals surface area contributed by atoms with E-state index in [9.17, 15) is 0 Å². The highest BCUT2D eigenvalue weighted by atomic mass is 16.5. The lowest BCUT2D eigenvalue weighted by Gasteiger charge is -2.30. The monoisotopic (exact) mass is 257 g/mol. The van der Waals surface area contributed by atoms with Crippen molar-refractivity contribution in [3.63, 3.8) is 0 Å². The van der Waals surface area contributed by atoms with Crippen LogP contribution < -0.4 is 5.73 Å². The van der Waals surface area contributed by atoms with Gasteiger partial charge < -0.3 is 20.6 Å². The van der Waals surface area contributed by atoms with Gasteiger partial charge in [0.2, 0.25) is 0 Å². The largest absolute Gasteiger partial charge is 0.409 e. The van der Waals surface area contributed by atoms with Crippen LogP contribution in [0.5, 0.6) is 0 Å². The van der Waals surface area contributed by atoms with Crippen LogP contribution in [-0.4, -0.2) is 48.8 Å². The first kappa shape index (κ1) is 15.2. The summed E-state index contributed by atoms with van der Waals surface area (Å²) in [5, 5.41) is 11.8. The van der Waals surface area contributed by atoms with Crippen LogP contribution in [0.15, 0.2) is 5.16 Å². The van der Waals surface area contributed by atoms with Gasteiger partial charge in [-0.3, -0.25) is 0 Å². The predicted octanol–water partition coefficient (Wildman–Crippen LogP) is 1.65. The predicted molar refractivity (Wildman–Crippen MR) is 72.9 cm³/mol. The maximum atomic E-state index is 8.73. The van der Waals surface area contributed by atoms with E-state index >= 15 is 0 Å². The molecule has 106 valence electrons. The summed E-state index contributed by atoms with van der Waals surface area (Å²) < 4.78 is 5.72. The lowest BCUT2D eigenvalue weighted by atomic mass is 9.88. The summed E-state index contributed by atoms with van der Waals surface area (Å²) in [4.78, 5) is 2.27. The van der Waals surface area contributed by atoms with Gasteiger partial charge in [-0.15, -0.1) is 0 Å². The van der Waals surface area contributed by atoms with Gasteiger partial charge in [-0.2, -0.15) is 0 Å². The average molecular weight is 257 g/mol. The molecule has 1 aliphatic rings. The summed E-state index contributed by atoms with van der Waals surface area (Å²) in [7, 11) is 2.10. The van der Waals surface area contributed by atoms with Gasteiger partial charge in [0.1, 0.15) is 5.84 Å². The first-order valence-corrected chi connectivity index (χ1v) is 6.74. The van der Waals surface area contributed by atoms with Crippen molar-refractivity contribution in [2.75, 3.05) is 26.7 Å². The average Bonchev–Trinajstić information content (AvgIpc) is 2.36. The highest BCUT2D eigenvalue weighted by molar-refractivity contribution is 5.85. The molecule has 0 spiro atoms. The Balaban J connectivity index is 2.29. The van der Waals surface area contributed by atoms with Gasteiger partial charge in [-0.25, -0.2) is 0 Å². The van der Waals surface area contributed by atoms with E-state index in [2.05, 4.69) is 17.1 Å². The second-order valence-electron chi connectivity index (χ2n) is 5.87. The smallest absolute Gasteiger partial charge is 0.144 e. The Bertz CT molecular complexity index is 273. The molecule has 5 heteroatoms. The van der Waals surface area contributed by atoms with E-state index < -0.39 is 0 Å². The number of ether oxygens (including phenoxy) is 1. The fraction of sp³-hybridized carbons (Fsp3) is 0.923. The van der Waals surface area contributed by atoms with Crippen molar-refractivity contribution in [2.24, 2.45) is 16.3 Å². The molecule has 1 saturated heterocycles. The van der Waals surface area contributed by atoms with E-state index in [0.717, 1.165) is 32.5 Å². The molecule has 3 N–H and O–H groups in total. The molecule has 0 aromatic heterocycles. The molecule has 1 atom stereocenters. The lowest BCUT2D eigenvalue weighted by Crippen LogP contribution is -2.38. The molecule has 0 bridgehead atoms. The molecule has 1 fully saturated rings. The molecule has 0 aliphatic carbocycles. The zero-order valence-electron chi connectivity index (χ0n) is 11.9. The van der Waals surface area contributed by atoms with Crippen molar-refractivity contribution in [3.05, 3.63) is 0 Å². The van der Waals surface area contributed by atoms with E-state index in [-0.39, 0.29) is 5.41 Å². The van der Waals surface area contributed by atoms with Crippen LogP contribution in [-0.2, 0) is 4.74 Å². The molecule has 0 radical (unpaired) electrons. The number of rotatable bonds is 6. The summed E-state index contributed by atoms with van der Waals surface area (Å²) in [6.07, 6.45) is 4.86. The number of amidine groups is 1. The summed E-state index contributed by atoms with van der Waals surface area (Å²) in [6, 6.07) is 0.